The topological polar surface area (TPSA) is 131 Å². The van der Waals surface area contributed by atoms with Crippen molar-refractivity contribution >= 4 is 22.0 Å². The molecule has 0 aliphatic carbocycles. The van der Waals surface area contributed by atoms with Crippen LogP contribution in [0.4, 0.5) is 9.18 Å². The van der Waals surface area contributed by atoms with Crippen LogP contribution in [0.25, 0.3) is 11.4 Å². The standard InChI is InChI=1S/C25H34FN5O6S/c1-7-38(34,35)29-20-13-25(22(32)30(5)36-6,31(16-20)23(33)37-24(2,3)4)12-17-9-8-10-18(11-17)21-27-14-19(26)15-28-21/h8-11,14-15,20,29H,7,12-13,16H2,1-6H3/t20-,25+/m1/s1. The highest BCUT2D eigenvalue weighted by Crippen LogP contribution is 2.37. The van der Waals surface area contributed by atoms with Crippen molar-refractivity contribution in [2.45, 2.75) is 57.7 Å². The molecule has 1 aliphatic heterocycles. The Balaban J connectivity index is 2.10. The number of hydroxylamine groups is 2. The Bertz CT molecular complexity index is 1270. The van der Waals surface area contributed by atoms with Gasteiger partial charge in [-0.05, 0) is 45.7 Å². The van der Waals surface area contributed by atoms with E-state index in [1.165, 1.54) is 26.0 Å². The zero-order valence-electron chi connectivity index (χ0n) is 22.4. The number of hydrogen-bond donors (Lipinski definition) is 1. The second kappa shape index (κ2) is 11.3. The molecule has 208 valence electrons. The van der Waals surface area contributed by atoms with Gasteiger partial charge < -0.3 is 4.74 Å². The van der Waals surface area contributed by atoms with E-state index in [4.69, 9.17) is 9.57 Å². The summed E-state index contributed by atoms with van der Waals surface area (Å²) >= 11 is 0. The summed E-state index contributed by atoms with van der Waals surface area (Å²) in [5, 5.41) is 1.01. The summed E-state index contributed by atoms with van der Waals surface area (Å²) in [4.78, 5) is 41.8. The predicted octanol–water partition coefficient (Wildman–Crippen LogP) is 2.53. The number of likely N-dealkylation sites (N-methyl/N-ethyl adjacent to an activating group) is 1. The van der Waals surface area contributed by atoms with E-state index in [9.17, 15) is 22.4 Å². The Morgan fingerprint density at radius 3 is 2.50 bits per heavy atom. The van der Waals surface area contributed by atoms with Gasteiger partial charge in [-0.3, -0.25) is 14.5 Å². The second-order valence-corrected chi connectivity index (χ2v) is 12.2. The summed E-state index contributed by atoms with van der Waals surface area (Å²) in [6, 6.07) is 6.24. The SMILES string of the molecule is CCS(=O)(=O)N[C@H]1CN(C(=O)OC(C)(C)C)[C@](Cc2cccc(-c3ncc(F)cn3)c2)(C(=O)N(C)OC)C1. The molecule has 1 aromatic heterocycles. The van der Waals surface area contributed by atoms with Gasteiger partial charge in [-0.25, -0.2) is 37.4 Å². The molecule has 13 heteroatoms. The molecule has 2 aromatic rings. The van der Waals surface area contributed by atoms with Crippen LogP contribution in [0.2, 0.25) is 0 Å². The van der Waals surface area contributed by atoms with E-state index in [0.29, 0.717) is 11.1 Å². The summed E-state index contributed by atoms with van der Waals surface area (Å²) in [5.41, 5.74) is -1.19. The molecule has 1 saturated heterocycles. The monoisotopic (exact) mass is 551 g/mol. The molecule has 1 fully saturated rings. The number of hydrogen-bond acceptors (Lipinski definition) is 8. The Labute approximate surface area is 222 Å². The van der Waals surface area contributed by atoms with E-state index in [1.807, 2.05) is 0 Å². The van der Waals surface area contributed by atoms with Crippen LogP contribution in [-0.2, 0) is 30.8 Å². The lowest BCUT2D eigenvalue weighted by Crippen LogP contribution is -2.59. The first kappa shape index (κ1) is 29.4. The van der Waals surface area contributed by atoms with Gasteiger partial charge in [0, 0.05) is 31.6 Å². The number of ether oxygens (including phenoxy) is 1. The number of carbonyl (C=O) groups excluding carboxylic acids is 2. The van der Waals surface area contributed by atoms with Crippen molar-refractivity contribution in [3.8, 4) is 11.4 Å². The van der Waals surface area contributed by atoms with Crippen molar-refractivity contribution in [1.82, 2.24) is 24.7 Å². The smallest absolute Gasteiger partial charge is 0.411 e. The third-order valence-corrected chi connectivity index (χ3v) is 7.56. The van der Waals surface area contributed by atoms with Crippen LogP contribution in [-0.4, -0.2) is 84.0 Å². The van der Waals surface area contributed by atoms with Crippen LogP contribution < -0.4 is 4.72 Å². The third kappa shape index (κ3) is 6.83. The molecular formula is C25H34FN5O6S. The minimum atomic E-state index is -3.64. The highest BCUT2D eigenvalue weighted by molar-refractivity contribution is 7.89. The largest absolute Gasteiger partial charge is 0.444 e. The van der Waals surface area contributed by atoms with Gasteiger partial charge in [-0.15, -0.1) is 0 Å². The number of amides is 2. The van der Waals surface area contributed by atoms with Crippen molar-refractivity contribution in [3.63, 3.8) is 0 Å². The zero-order chi connectivity index (χ0) is 28.3. The van der Waals surface area contributed by atoms with Crippen molar-refractivity contribution < 1.29 is 32.0 Å². The summed E-state index contributed by atoms with van der Waals surface area (Å²) in [6.45, 7) is 6.53. The summed E-state index contributed by atoms with van der Waals surface area (Å²) < 4.78 is 46.4. The number of rotatable bonds is 8. The van der Waals surface area contributed by atoms with Crippen molar-refractivity contribution in [1.29, 1.82) is 0 Å². The minimum Gasteiger partial charge on any atom is -0.444 e. The molecule has 38 heavy (non-hydrogen) atoms. The maximum atomic E-state index is 13.9. The fourth-order valence-electron chi connectivity index (χ4n) is 4.40. The molecule has 2 amide bonds. The molecule has 0 unspecified atom stereocenters. The zero-order valence-corrected chi connectivity index (χ0v) is 23.2. The maximum Gasteiger partial charge on any atom is 0.411 e. The number of nitrogens with one attached hydrogen (secondary N) is 1. The number of nitrogens with zero attached hydrogens (tertiary/aromatic N) is 4. The molecule has 0 spiro atoms. The average molecular weight is 552 g/mol. The molecule has 3 rings (SSSR count). The lowest BCUT2D eigenvalue weighted by Gasteiger charge is -2.39. The van der Waals surface area contributed by atoms with Gasteiger partial charge in [0.15, 0.2) is 11.6 Å². The van der Waals surface area contributed by atoms with Gasteiger partial charge in [0.1, 0.15) is 11.1 Å². The average Bonchev–Trinajstić information content (AvgIpc) is 3.20. The number of likely N-dealkylation sites (tertiary alicyclic amines) is 1. The summed E-state index contributed by atoms with van der Waals surface area (Å²) in [7, 11) is -0.898. The Hall–Kier alpha value is -3.16. The summed E-state index contributed by atoms with van der Waals surface area (Å²) in [6.07, 6.45) is 1.35. The first-order valence-electron chi connectivity index (χ1n) is 12.1. The van der Waals surface area contributed by atoms with E-state index >= 15 is 0 Å². The Kier molecular flexibility index (Phi) is 8.74. The van der Waals surface area contributed by atoms with Crippen LogP contribution in [0, 0.1) is 5.82 Å². The van der Waals surface area contributed by atoms with Crippen LogP contribution in [0.5, 0.6) is 0 Å². The second-order valence-electron chi connectivity index (χ2n) is 10.1. The molecule has 0 saturated carbocycles. The first-order valence-corrected chi connectivity index (χ1v) is 13.7. The fraction of sp³-hybridized carbons (Fsp3) is 0.520. The van der Waals surface area contributed by atoms with Crippen LogP contribution in [0.1, 0.15) is 39.7 Å². The fourth-order valence-corrected chi connectivity index (χ4v) is 5.23. The predicted molar refractivity (Wildman–Crippen MR) is 138 cm³/mol. The van der Waals surface area contributed by atoms with E-state index < -0.39 is 45.0 Å². The molecule has 1 aliphatic rings. The van der Waals surface area contributed by atoms with Crippen molar-refractivity contribution in [2.75, 3.05) is 26.5 Å². The van der Waals surface area contributed by atoms with Gasteiger partial charge in [0.2, 0.25) is 10.0 Å². The Morgan fingerprint density at radius 2 is 1.92 bits per heavy atom. The molecule has 0 bridgehead atoms. The van der Waals surface area contributed by atoms with Gasteiger partial charge >= 0.3 is 6.09 Å². The van der Waals surface area contributed by atoms with E-state index in [1.54, 1.807) is 45.0 Å². The molecule has 2 atom stereocenters. The van der Waals surface area contributed by atoms with Gasteiger partial charge in [0.25, 0.3) is 5.91 Å². The van der Waals surface area contributed by atoms with Crippen LogP contribution in [0.3, 0.4) is 0 Å². The molecule has 1 aromatic carbocycles. The highest BCUT2D eigenvalue weighted by atomic mass is 32.2. The van der Waals surface area contributed by atoms with Crippen LogP contribution >= 0.6 is 0 Å². The van der Waals surface area contributed by atoms with Gasteiger partial charge in [-0.2, -0.15) is 0 Å². The van der Waals surface area contributed by atoms with Gasteiger partial charge in [-0.1, -0.05) is 18.2 Å². The number of halogens is 1. The Morgan fingerprint density at radius 1 is 1.26 bits per heavy atom. The van der Waals surface area contributed by atoms with E-state index in [0.717, 1.165) is 17.5 Å². The van der Waals surface area contributed by atoms with Crippen LogP contribution in [0.15, 0.2) is 36.7 Å². The molecule has 2 heterocycles. The molecular weight excluding hydrogens is 517 g/mol. The lowest BCUT2D eigenvalue weighted by atomic mass is 9.85. The van der Waals surface area contributed by atoms with Crippen molar-refractivity contribution in [2.24, 2.45) is 0 Å². The van der Waals surface area contributed by atoms with E-state index in [-0.39, 0.29) is 31.0 Å². The number of benzene rings is 1. The van der Waals surface area contributed by atoms with Crippen molar-refractivity contribution in [3.05, 3.63) is 48.0 Å². The molecule has 11 nitrogen and oxygen atoms in total. The number of aromatic nitrogens is 2. The van der Waals surface area contributed by atoms with E-state index in [2.05, 4.69) is 14.7 Å². The minimum absolute atomic E-state index is 0.0121. The normalized spacial score (nSPS) is 19.9. The quantitative estimate of drug-likeness (QED) is 0.496. The maximum absolute atomic E-state index is 13.9. The van der Waals surface area contributed by atoms with Gasteiger partial charge in [0.05, 0.1) is 25.3 Å². The molecule has 0 radical (unpaired) electrons. The number of carbonyl (C=O) groups is 2. The first-order chi connectivity index (χ1) is 17.7. The lowest BCUT2D eigenvalue weighted by molar-refractivity contribution is -0.180. The highest BCUT2D eigenvalue weighted by Gasteiger charge is 2.56. The third-order valence-electron chi connectivity index (χ3n) is 6.10. The summed E-state index contributed by atoms with van der Waals surface area (Å²) in [5.74, 6) is -0.995. The number of sulfonamides is 1. The molecule has 1 N–H and O–H groups in total.